The summed E-state index contributed by atoms with van der Waals surface area (Å²) in [5.41, 5.74) is 3.27. The number of piperazine rings is 1. The van der Waals surface area contributed by atoms with Crippen LogP contribution in [-0.2, 0) is 4.79 Å². The lowest BCUT2D eigenvalue weighted by atomic mass is 10.1. The van der Waals surface area contributed by atoms with Crippen LogP contribution in [0.3, 0.4) is 0 Å². The molecule has 114 valence electrons. The van der Waals surface area contributed by atoms with Crippen molar-refractivity contribution >= 4 is 22.7 Å². The SMILES string of the molecule is Cc1ccc2nc(C)c(C(=O)N3CCNC(=O)C3C)cc2c1. The molecule has 2 amide bonds. The summed E-state index contributed by atoms with van der Waals surface area (Å²) >= 11 is 0. The normalized spacial score (nSPS) is 18.4. The van der Waals surface area contributed by atoms with Gasteiger partial charge in [0.2, 0.25) is 5.91 Å². The Bertz CT molecular complexity index is 770. The lowest BCUT2D eigenvalue weighted by molar-refractivity contribution is -0.127. The number of hydrogen-bond donors (Lipinski definition) is 1. The molecule has 0 radical (unpaired) electrons. The smallest absolute Gasteiger partial charge is 0.256 e. The molecule has 0 aliphatic carbocycles. The van der Waals surface area contributed by atoms with Gasteiger partial charge >= 0.3 is 0 Å². The second kappa shape index (κ2) is 5.40. The summed E-state index contributed by atoms with van der Waals surface area (Å²) < 4.78 is 0. The summed E-state index contributed by atoms with van der Waals surface area (Å²) in [7, 11) is 0. The van der Waals surface area contributed by atoms with Gasteiger partial charge in [0.05, 0.1) is 16.8 Å². The average Bonchev–Trinajstić information content (AvgIpc) is 2.49. The van der Waals surface area contributed by atoms with Crippen LogP contribution < -0.4 is 5.32 Å². The maximum Gasteiger partial charge on any atom is 0.256 e. The van der Waals surface area contributed by atoms with E-state index in [1.54, 1.807) is 11.8 Å². The molecule has 1 unspecified atom stereocenters. The second-order valence-electron chi connectivity index (χ2n) is 5.78. The van der Waals surface area contributed by atoms with Gasteiger partial charge in [0.1, 0.15) is 6.04 Å². The maximum atomic E-state index is 12.8. The highest BCUT2D eigenvalue weighted by Gasteiger charge is 2.30. The zero-order valence-corrected chi connectivity index (χ0v) is 13.0. The minimum atomic E-state index is -0.450. The first kappa shape index (κ1) is 14.5. The molecule has 1 aromatic heterocycles. The van der Waals surface area contributed by atoms with Crippen LogP contribution in [0.5, 0.6) is 0 Å². The van der Waals surface area contributed by atoms with E-state index >= 15 is 0 Å². The van der Waals surface area contributed by atoms with Crippen LogP contribution in [0.25, 0.3) is 10.9 Å². The first-order valence-corrected chi connectivity index (χ1v) is 7.44. The van der Waals surface area contributed by atoms with E-state index in [0.29, 0.717) is 24.3 Å². The van der Waals surface area contributed by atoms with E-state index in [1.165, 1.54) is 0 Å². The zero-order valence-electron chi connectivity index (χ0n) is 13.0. The van der Waals surface area contributed by atoms with Gasteiger partial charge in [-0.2, -0.15) is 0 Å². The fourth-order valence-electron chi connectivity index (χ4n) is 2.82. The molecule has 0 spiro atoms. The highest BCUT2D eigenvalue weighted by Crippen LogP contribution is 2.20. The summed E-state index contributed by atoms with van der Waals surface area (Å²) in [6.07, 6.45) is 0. The summed E-state index contributed by atoms with van der Waals surface area (Å²) in [4.78, 5) is 30.7. The van der Waals surface area contributed by atoms with Crippen LogP contribution in [0.4, 0.5) is 0 Å². The monoisotopic (exact) mass is 297 g/mol. The van der Waals surface area contributed by atoms with E-state index in [4.69, 9.17) is 0 Å². The number of benzene rings is 1. The minimum Gasteiger partial charge on any atom is -0.353 e. The maximum absolute atomic E-state index is 12.8. The zero-order chi connectivity index (χ0) is 15.9. The number of fused-ring (bicyclic) bond motifs is 1. The van der Waals surface area contributed by atoms with Crippen molar-refractivity contribution in [1.29, 1.82) is 0 Å². The summed E-state index contributed by atoms with van der Waals surface area (Å²) in [6.45, 7) is 6.62. The average molecular weight is 297 g/mol. The number of nitrogens with zero attached hydrogens (tertiary/aromatic N) is 2. The van der Waals surface area contributed by atoms with Crippen LogP contribution in [0.2, 0.25) is 0 Å². The number of aromatic nitrogens is 1. The van der Waals surface area contributed by atoms with Gasteiger partial charge in [-0.05, 0) is 39.0 Å². The fourth-order valence-corrected chi connectivity index (χ4v) is 2.82. The van der Waals surface area contributed by atoms with Crippen molar-refractivity contribution in [3.63, 3.8) is 0 Å². The molecule has 2 aromatic rings. The Hall–Kier alpha value is -2.43. The van der Waals surface area contributed by atoms with Crippen LogP contribution in [-0.4, -0.2) is 40.8 Å². The van der Waals surface area contributed by atoms with Crippen LogP contribution in [0.15, 0.2) is 24.3 Å². The Labute approximate surface area is 129 Å². The molecule has 1 saturated heterocycles. The van der Waals surface area contributed by atoms with E-state index in [-0.39, 0.29) is 11.8 Å². The predicted octanol–water partition coefficient (Wildman–Crippen LogP) is 1.81. The number of pyridine rings is 1. The molecule has 1 aliphatic rings. The Balaban J connectivity index is 2.03. The molecule has 1 aliphatic heterocycles. The molecular formula is C17H19N3O2. The minimum absolute atomic E-state index is 0.109. The van der Waals surface area contributed by atoms with Crippen molar-refractivity contribution in [1.82, 2.24) is 15.2 Å². The predicted molar refractivity (Wildman–Crippen MR) is 84.7 cm³/mol. The van der Waals surface area contributed by atoms with Gasteiger partial charge in [-0.1, -0.05) is 11.6 Å². The van der Waals surface area contributed by atoms with Crippen molar-refractivity contribution in [3.8, 4) is 0 Å². The van der Waals surface area contributed by atoms with Crippen molar-refractivity contribution in [2.24, 2.45) is 0 Å². The third-order valence-electron chi connectivity index (χ3n) is 4.15. The van der Waals surface area contributed by atoms with E-state index < -0.39 is 6.04 Å². The Morgan fingerprint density at radius 3 is 2.86 bits per heavy atom. The Morgan fingerprint density at radius 1 is 1.32 bits per heavy atom. The van der Waals surface area contributed by atoms with Gasteiger partial charge in [-0.25, -0.2) is 0 Å². The van der Waals surface area contributed by atoms with Crippen LogP contribution in [0.1, 0.15) is 28.5 Å². The van der Waals surface area contributed by atoms with E-state index in [0.717, 1.165) is 16.5 Å². The highest BCUT2D eigenvalue weighted by molar-refractivity contribution is 6.01. The van der Waals surface area contributed by atoms with Gasteiger partial charge in [-0.3, -0.25) is 14.6 Å². The molecule has 22 heavy (non-hydrogen) atoms. The highest BCUT2D eigenvalue weighted by atomic mass is 16.2. The van der Waals surface area contributed by atoms with Crippen molar-refractivity contribution < 1.29 is 9.59 Å². The molecule has 3 rings (SSSR count). The molecule has 0 saturated carbocycles. The van der Waals surface area contributed by atoms with Crippen molar-refractivity contribution in [2.45, 2.75) is 26.8 Å². The number of amides is 2. The van der Waals surface area contributed by atoms with Crippen molar-refractivity contribution in [2.75, 3.05) is 13.1 Å². The van der Waals surface area contributed by atoms with Gasteiger partial charge in [0.25, 0.3) is 5.91 Å². The first-order valence-electron chi connectivity index (χ1n) is 7.44. The number of nitrogens with one attached hydrogen (secondary N) is 1. The number of carbonyl (C=O) groups is 2. The van der Waals surface area contributed by atoms with Crippen molar-refractivity contribution in [3.05, 3.63) is 41.1 Å². The quantitative estimate of drug-likeness (QED) is 0.873. The summed E-state index contributed by atoms with van der Waals surface area (Å²) in [5.74, 6) is -0.238. The van der Waals surface area contributed by atoms with Gasteiger partial charge in [0, 0.05) is 18.5 Å². The fraction of sp³-hybridized carbons (Fsp3) is 0.353. The summed E-state index contributed by atoms with van der Waals surface area (Å²) in [6, 6.07) is 7.42. The molecular weight excluding hydrogens is 278 g/mol. The molecule has 1 fully saturated rings. The molecule has 1 aromatic carbocycles. The lowest BCUT2D eigenvalue weighted by Crippen LogP contribution is -2.55. The number of rotatable bonds is 1. The molecule has 5 heteroatoms. The van der Waals surface area contributed by atoms with E-state index in [2.05, 4.69) is 10.3 Å². The topological polar surface area (TPSA) is 62.3 Å². The van der Waals surface area contributed by atoms with E-state index in [1.807, 2.05) is 38.1 Å². The third kappa shape index (κ3) is 2.43. The Morgan fingerprint density at radius 2 is 2.09 bits per heavy atom. The lowest BCUT2D eigenvalue weighted by Gasteiger charge is -2.33. The molecule has 1 N–H and O–H groups in total. The largest absolute Gasteiger partial charge is 0.353 e. The van der Waals surface area contributed by atoms with Gasteiger partial charge in [-0.15, -0.1) is 0 Å². The standard InChI is InChI=1S/C17H19N3O2/c1-10-4-5-15-13(8-10)9-14(11(2)19-15)17(22)20-7-6-18-16(21)12(20)3/h4-5,8-9,12H,6-7H2,1-3H3,(H,18,21). The Kier molecular flexibility index (Phi) is 3.56. The first-order chi connectivity index (χ1) is 10.5. The molecule has 5 nitrogen and oxygen atoms in total. The van der Waals surface area contributed by atoms with E-state index in [9.17, 15) is 9.59 Å². The molecule has 2 heterocycles. The number of aryl methyl sites for hydroxylation is 2. The van der Waals surface area contributed by atoms with Gasteiger partial charge < -0.3 is 10.2 Å². The second-order valence-corrected chi connectivity index (χ2v) is 5.78. The summed E-state index contributed by atoms with van der Waals surface area (Å²) in [5, 5.41) is 3.72. The van der Waals surface area contributed by atoms with Crippen LogP contribution >= 0.6 is 0 Å². The number of hydrogen-bond acceptors (Lipinski definition) is 3. The molecule has 1 atom stereocenters. The van der Waals surface area contributed by atoms with Gasteiger partial charge in [0.15, 0.2) is 0 Å². The van der Waals surface area contributed by atoms with Crippen LogP contribution in [0, 0.1) is 13.8 Å². The molecule has 0 bridgehead atoms. The third-order valence-corrected chi connectivity index (χ3v) is 4.15. The number of carbonyl (C=O) groups excluding carboxylic acids is 2.